The second-order valence-electron chi connectivity index (χ2n) is 13.8. The number of fused-ring (bicyclic) bond motifs is 12. The van der Waals surface area contributed by atoms with Gasteiger partial charge in [-0.3, -0.25) is 0 Å². The van der Waals surface area contributed by atoms with Crippen molar-refractivity contribution in [3.05, 3.63) is 170 Å². The molecule has 0 atom stereocenters. The Morgan fingerprint density at radius 3 is 1.71 bits per heavy atom. The third-order valence-electron chi connectivity index (χ3n) is 11.0. The highest BCUT2D eigenvalue weighted by Crippen LogP contribution is 2.47. The molecule has 4 heterocycles. The Morgan fingerprint density at radius 2 is 0.962 bits per heavy atom. The van der Waals surface area contributed by atoms with Crippen LogP contribution in [0.15, 0.2) is 170 Å². The summed E-state index contributed by atoms with van der Waals surface area (Å²) in [6.07, 6.45) is 0. The lowest BCUT2D eigenvalue weighted by Crippen LogP contribution is -1.97. The van der Waals surface area contributed by atoms with Gasteiger partial charge in [-0.15, -0.1) is 0 Å². The van der Waals surface area contributed by atoms with Crippen molar-refractivity contribution in [1.82, 2.24) is 18.9 Å². The molecule has 0 N–H and O–H groups in total. The fraction of sp³-hybridized carbons (Fsp3) is 0. The van der Waals surface area contributed by atoms with E-state index in [2.05, 4.69) is 148 Å². The van der Waals surface area contributed by atoms with E-state index in [1.165, 1.54) is 70.7 Å². The van der Waals surface area contributed by atoms with Crippen LogP contribution in [0.2, 0.25) is 0 Å². The molecule has 0 aliphatic carbocycles. The normalized spacial score (nSPS) is 12.2. The predicted octanol–water partition coefficient (Wildman–Crippen LogP) is 12.4. The van der Waals surface area contributed by atoms with Crippen LogP contribution in [-0.4, -0.2) is 18.9 Å². The van der Waals surface area contributed by atoms with Crippen LogP contribution in [0.4, 0.5) is 0 Å². The molecule has 0 spiro atoms. The molecule has 0 saturated carbocycles. The smallest absolute Gasteiger partial charge is 0.0973 e. The quantitative estimate of drug-likeness (QED) is 0.189. The summed E-state index contributed by atoms with van der Waals surface area (Å²) < 4.78 is 4.94. The number of benzene rings is 8. The van der Waals surface area contributed by atoms with Crippen molar-refractivity contribution in [3.8, 4) is 28.2 Å². The zero-order valence-corrected chi connectivity index (χ0v) is 28.0. The van der Waals surface area contributed by atoms with Gasteiger partial charge in [0.15, 0.2) is 0 Å². The third-order valence-corrected chi connectivity index (χ3v) is 11.0. The van der Waals surface area contributed by atoms with E-state index in [-0.39, 0.29) is 0 Å². The van der Waals surface area contributed by atoms with Gasteiger partial charge >= 0.3 is 0 Å². The Hall–Kier alpha value is -7.04. The monoisotopic (exact) mass is 660 g/mol. The van der Waals surface area contributed by atoms with Crippen LogP contribution in [0.25, 0.3) is 110 Å². The SMILES string of the molecule is c1ccc(-c2nc3ccccc3nc2-c2ccc(-n3c4ccccc4c4c5c6cc7ccccc7cc6n6c7ccccc7c(cc43)c56)cc2)cc1. The average molecular weight is 661 g/mol. The van der Waals surface area contributed by atoms with E-state index in [4.69, 9.17) is 9.97 Å². The van der Waals surface area contributed by atoms with E-state index in [9.17, 15) is 0 Å². The van der Waals surface area contributed by atoms with Crippen molar-refractivity contribution in [3.63, 3.8) is 0 Å². The molecule has 0 unspecified atom stereocenters. The molecule has 0 saturated heterocycles. The first-order valence-electron chi connectivity index (χ1n) is 17.8. The Bertz CT molecular complexity index is 3390. The Labute approximate surface area is 297 Å². The molecule has 12 rings (SSSR count). The Kier molecular flexibility index (Phi) is 5.47. The Balaban J connectivity index is 1.16. The third kappa shape index (κ3) is 3.70. The minimum atomic E-state index is 0.880. The molecule has 12 aromatic rings. The fourth-order valence-corrected chi connectivity index (χ4v) is 8.74. The van der Waals surface area contributed by atoms with Crippen molar-refractivity contribution < 1.29 is 0 Å². The maximum atomic E-state index is 5.17. The molecule has 0 radical (unpaired) electrons. The highest BCUT2D eigenvalue weighted by Gasteiger charge is 2.24. The van der Waals surface area contributed by atoms with Crippen molar-refractivity contribution in [2.45, 2.75) is 0 Å². The first kappa shape index (κ1) is 27.7. The highest BCUT2D eigenvalue weighted by molar-refractivity contribution is 6.36. The number of hydrogen-bond acceptors (Lipinski definition) is 2. The van der Waals surface area contributed by atoms with Gasteiger partial charge in [-0.05, 0) is 65.4 Å². The van der Waals surface area contributed by atoms with Gasteiger partial charge in [0.25, 0.3) is 0 Å². The summed E-state index contributed by atoms with van der Waals surface area (Å²) in [4.78, 5) is 10.3. The van der Waals surface area contributed by atoms with Gasteiger partial charge in [-0.2, -0.15) is 0 Å². The number of rotatable bonds is 3. The number of para-hydroxylation sites is 4. The number of hydrogen-bond donors (Lipinski definition) is 0. The summed E-state index contributed by atoms with van der Waals surface area (Å²) in [6, 6.07) is 61.0. The van der Waals surface area contributed by atoms with Crippen LogP contribution < -0.4 is 0 Å². The van der Waals surface area contributed by atoms with Crippen molar-refractivity contribution in [2.24, 2.45) is 0 Å². The minimum Gasteiger partial charge on any atom is -0.309 e. The van der Waals surface area contributed by atoms with Gasteiger partial charge in [0.1, 0.15) is 0 Å². The minimum absolute atomic E-state index is 0.880. The van der Waals surface area contributed by atoms with Gasteiger partial charge in [-0.25, -0.2) is 9.97 Å². The summed E-state index contributed by atoms with van der Waals surface area (Å²) in [6.45, 7) is 0. The second-order valence-corrected chi connectivity index (χ2v) is 13.8. The molecule has 0 aliphatic rings. The molecular formula is C48H28N4. The molecule has 4 heteroatoms. The molecule has 52 heavy (non-hydrogen) atoms. The van der Waals surface area contributed by atoms with E-state index < -0.39 is 0 Å². The van der Waals surface area contributed by atoms with E-state index in [0.717, 1.165) is 39.2 Å². The maximum absolute atomic E-state index is 5.17. The van der Waals surface area contributed by atoms with Crippen molar-refractivity contribution in [1.29, 1.82) is 0 Å². The molecule has 0 bridgehead atoms. The molecule has 0 fully saturated rings. The summed E-state index contributed by atoms with van der Waals surface area (Å²) in [7, 11) is 0. The van der Waals surface area contributed by atoms with E-state index >= 15 is 0 Å². The number of nitrogens with zero attached hydrogens (tertiary/aromatic N) is 4. The first-order chi connectivity index (χ1) is 25.8. The van der Waals surface area contributed by atoms with Crippen molar-refractivity contribution >= 4 is 81.7 Å². The molecule has 4 aromatic heterocycles. The maximum Gasteiger partial charge on any atom is 0.0973 e. The molecular weight excluding hydrogens is 633 g/mol. The lowest BCUT2D eigenvalue weighted by Gasteiger charge is -2.12. The van der Waals surface area contributed by atoms with Gasteiger partial charge in [0.05, 0.1) is 50.0 Å². The van der Waals surface area contributed by atoms with E-state index in [1.54, 1.807) is 0 Å². The van der Waals surface area contributed by atoms with Crippen LogP contribution >= 0.6 is 0 Å². The standard InChI is InChI=1S/C48H28N4/c1-2-12-29(13-3-1)46-47(50-39-19-9-8-18-38(39)49-46)30-22-24-33(25-23-30)51-41-21-11-7-17-35(41)44-43(51)28-36-34-16-6-10-20-40(34)52-42-27-32-15-5-4-14-31(32)26-37(42)45(44)48(36)52/h1-28H. The van der Waals surface area contributed by atoms with Crippen LogP contribution in [-0.2, 0) is 0 Å². The fourth-order valence-electron chi connectivity index (χ4n) is 8.74. The molecule has 0 amide bonds. The van der Waals surface area contributed by atoms with Gasteiger partial charge in [0, 0.05) is 49.1 Å². The van der Waals surface area contributed by atoms with Crippen LogP contribution in [0.5, 0.6) is 0 Å². The molecule has 4 nitrogen and oxygen atoms in total. The molecule has 240 valence electrons. The zero-order chi connectivity index (χ0) is 33.9. The van der Waals surface area contributed by atoms with E-state index in [1.807, 2.05) is 30.3 Å². The zero-order valence-electron chi connectivity index (χ0n) is 28.0. The van der Waals surface area contributed by atoms with Crippen LogP contribution in [0, 0.1) is 0 Å². The summed E-state index contributed by atoms with van der Waals surface area (Å²) in [5, 5.41) is 10.2. The molecule has 8 aromatic carbocycles. The first-order valence-corrected chi connectivity index (χ1v) is 17.8. The van der Waals surface area contributed by atoms with Gasteiger partial charge in [-0.1, -0.05) is 115 Å². The summed E-state index contributed by atoms with van der Waals surface area (Å²) in [5.41, 5.74) is 12.9. The second kappa shape index (κ2) is 10.3. The lowest BCUT2D eigenvalue weighted by atomic mass is 10.0. The Morgan fingerprint density at radius 1 is 0.365 bits per heavy atom. The van der Waals surface area contributed by atoms with Crippen LogP contribution in [0.3, 0.4) is 0 Å². The van der Waals surface area contributed by atoms with Crippen molar-refractivity contribution in [2.75, 3.05) is 0 Å². The summed E-state index contributed by atoms with van der Waals surface area (Å²) in [5.74, 6) is 0. The van der Waals surface area contributed by atoms with Crippen LogP contribution in [0.1, 0.15) is 0 Å². The topological polar surface area (TPSA) is 35.1 Å². The average Bonchev–Trinajstić information content (AvgIpc) is 3.84. The summed E-state index contributed by atoms with van der Waals surface area (Å²) >= 11 is 0. The predicted molar refractivity (Wildman–Crippen MR) is 217 cm³/mol. The van der Waals surface area contributed by atoms with Gasteiger partial charge in [0.2, 0.25) is 0 Å². The highest BCUT2D eigenvalue weighted by atomic mass is 15.0. The van der Waals surface area contributed by atoms with Gasteiger partial charge < -0.3 is 8.97 Å². The molecule has 0 aliphatic heterocycles. The lowest BCUT2D eigenvalue weighted by molar-refractivity contribution is 1.18. The largest absolute Gasteiger partial charge is 0.309 e. The van der Waals surface area contributed by atoms with E-state index in [0.29, 0.717) is 0 Å². The number of aromatic nitrogens is 4.